The molecule has 22 heavy (non-hydrogen) atoms. The van der Waals surface area contributed by atoms with Crippen LogP contribution in [0, 0.1) is 13.8 Å². The number of nitrogens with zero attached hydrogens (tertiary/aromatic N) is 5. The average Bonchev–Trinajstić information content (AvgIpc) is 2.49. The van der Waals surface area contributed by atoms with Crippen molar-refractivity contribution in [2.45, 2.75) is 13.8 Å². The van der Waals surface area contributed by atoms with E-state index in [0.717, 1.165) is 43.5 Å². The Hall–Kier alpha value is -2.15. The van der Waals surface area contributed by atoms with Gasteiger partial charge in [0.15, 0.2) is 0 Å². The maximum absolute atomic E-state index is 11.5. The molecule has 8 heteroatoms. The van der Waals surface area contributed by atoms with E-state index in [1.54, 1.807) is 6.20 Å². The fraction of sp³-hybridized carbons (Fsp3) is 0.429. The molecule has 0 spiro atoms. The highest BCUT2D eigenvalue weighted by Crippen LogP contribution is 2.22. The number of aryl methyl sites for hydroxylation is 2. The van der Waals surface area contributed by atoms with Crippen LogP contribution in [0.25, 0.3) is 0 Å². The SMILES string of the molecule is Cc1cc(C)nc(N2CCN(c3cn[nH]c(=O)c3Cl)CC2)n1. The Bertz CT molecular complexity index is 718. The lowest BCUT2D eigenvalue weighted by molar-refractivity contribution is 0.636. The van der Waals surface area contributed by atoms with E-state index in [1.165, 1.54) is 0 Å². The zero-order valence-corrected chi connectivity index (χ0v) is 13.3. The number of piperazine rings is 1. The van der Waals surface area contributed by atoms with Crippen molar-refractivity contribution in [1.29, 1.82) is 0 Å². The zero-order chi connectivity index (χ0) is 15.7. The third kappa shape index (κ3) is 2.89. The highest BCUT2D eigenvalue weighted by atomic mass is 35.5. The summed E-state index contributed by atoms with van der Waals surface area (Å²) in [6.45, 7) is 6.95. The van der Waals surface area contributed by atoms with E-state index in [2.05, 4.69) is 30.0 Å². The Morgan fingerprint density at radius 2 is 1.68 bits per heavy atom. The van der Waals surface area contributed by atoms with Crippen molar-refractivity contribution in [3.8, 4) is 0 Å². The van der Waals surface area contributed by atoms with Crippen molar-refractivity contribution < 1.29 is 0 Å². The molecule has 0 amide bonds. The highest BCUT2D eigenvalue weighted by molar-refractivity contribution is 6.33. The molecule has 2 aromatic heterocycles. The Morgan fingerprint density at radius 1 is 1.09 bits per heavy atom. The fourth-order valence-corrected chi connectivity index (χ4v) is 2.80. The summed E-state index contributed by atoms with van der Waals surface area (Å²) in [5.41, 5.74) is 2.24. The molecule has 0 aromatic carbocycles. The van der Waals surface area contributed by atoms with Gasteiger partial charge < -0.3 is 9.80 Å². The molecule has 1 saturated heterocycles. The lowest BCUT2D eigenvalue weighted by atomic mass is 10.3. The van der Waals surface area contributed by atoms with Crippen molar-refractivity contribution in [2.24, 2.45) is 0 Å². The van der Waals surface area contributed by atoms with Gasteiger partial charge >= 0.3 is 0 Å². The first-order valence-electron chi connectivity index (χ1n) is 7.10. The molecule has 0 bridgehead atoms. The van der Waals surface area contributed by atoms with Gasteiger partial charge in [0.2, 0.25) is 5.95 Å². The van der Waals surface area contributed by atoms with Gasteiger partial charge in [0, 0.05) is 37.6 Å². The summed E-state index contributed by atoms with van der Waals surface area (Å²) in [5, 5.41) is 6.34. The average molecular weight is 321 g/mol. The molecule has 1 aliphatic rings. The Morgan fingerprint density at radius 3 is 2.32 bits per heavy atom. The van der Waals surface area contributed by atoms with Crippen LogP contribution in [0.5, 0.6) is 0 Å². The first kappa shape index (κ1) is 14.8. The second kappa shape index (κ2) is 5.92. The first-order valence-corrected chi connectivity index (χ1v) is 7.48. The van der Waals surface area contributed by atoms with E-state index < -0.39 is 0 Å². The van der Waals surface area contributed by atoms with Gasteiger partial charge in [-0.3, -0.25) is 4.79 Å². The van der Waals surface area contributed by atoms with Gasteiger partial charge in [0.05, 0.1) is 11.9 Å². The lowest BCUT2D eigenvalue weighted by Gasteiger charge is -2.36. The number of H-pyrrole nitrogens is 1. The Labute approximate surface area is 133 Å². The molecule has 0 saturated carbocycles. The molecule has 1 aliphatic heterocycles. The number of halogens is 1. The van der Waals surface area contributed by atoms with Crippen LogP contribution >= 0.6 is 11.6 Å². The minimum absolute atomic E-state index is 0.186. The fourth-order valence-electron chi connectivity index (χ4n) is 2.59. The predicted octanol–water partition coefficient (Wildman–Crippen LogP) is 1.16. The second-order valence-corrected chi connectivity index (χ2v) is 5.70. The largest absolute Gasteiger partial charge is 0.365 e. The first-order chi connectivity index (χ1) is 10.5. The van der Waals surface area contributed by atoms with Crippen molar-refractivity contribution in [3.05, 3.63) is 39.0 Å². The maximum Gasteiger partial charge on any atom is 0.285 e. The van der Waals surface area contributed by atoms with Crippen LogP contribution in [-0.2, 0) is 0 Å². The van der Waals surface area contributed by atoms with Gasteiger partial charge in [0.1, 0.15) is 5.02 Å². The van der Waals surface area contributed by atoms with Crippen LogP contribution in [0.2, 0.25) is 5.02 Å². The molecular formula is C14H17ClN6O. The summed E-state index contributed by atoms with van der Waals surface area (Å²) in [6.07, 6.45) is 1.59. The Kier molecular flexibility index (Phi) is 3.98. The van der Waals surface area contributed by atoms with Crippen molar-refractivity contribution >= 4 is 23.2 Å². The van der Waals surface area contributed by atoms with Crippen molar-refractivity contribution in [3.63, 3.8) is 0 Å². The van der Waals surface area contributed by atoms with E-state index >= 15 is 0 Å². The van der Waals surface area contributed by atoms with E-state index in [0.29, 0.717) is 5.69 Å². The summed E-state index contributed by atoms with van der Waals surface area (Å²) in [6, 6.07) is 1.96. The molecule has 116 valence electrons. The smallest absolute Gasteiger partial charge is 0.285 e. The van der Waals surface area contributed by atoms with E-state index in [1.807, 2.05) is 19.9 Å². The Balaban J connectivity index is 1.75. The molecule has 3 heterocycles. The summed E-state index contributed by atoms with van der Waals surface area (Å²) in [7, 11) is 0. The zero-order valence-electron chi connectivity index (χ0n) is 12.5. The van der Waals surface area contributed by atoms with Gasteiger partial charge in [-0.1, -0.05) is 11.6 Å². The summed E-state index contributed by atoms with van der Waals surface area (Å²) >= 11 is 6.06. The maximum atomic E-state index is 11.5. The molecule has 2 aromatic rings. The summed E-state index contributed by atoms with van der Waals surface area (Å²) < 4.78 is 0. The number of aromatic nitrogens is 4. The van der Waals surface area contributed by atoms with Gasteiger partial charge in [-0.05, 0) is 19.9 Å². The third-order valence-electron chi connectivity index (χ3n) is 3.65. The summed E-state index contributed by atoms with van der Waals surface area (Å²) in [4.78, 5) is 24.7. The topological polar surface area (TPSA) is 78.0 Å². The van der Waals surface area contributed by atoms with Gasteiger partial charge in [-0.2, -0.15) is 5.10 Å². The number of hydrogen-bond donors (Lipinski definition) is 1. The standard InChI is InChI=1S/C14H17ClN6O/c1-9-7-10(2)18-14(17-9)21-5-3-20(4-6-21)11-8-16-19-13(22)12(11)15/h7-8H,3-6H2,1-2H3,(H,19,22). The lowest BCUT2D eigenvalue weighted by Crippen LogP contribution is -2.47. The van der Waals surface area contributed by atoms with E-state index in [9.17, 15) is 4.79 Å². The molecule has 0 atom stereocenters. The number of rotatable bonds is 2. The molecular weight excluding hydrogens is 304 g/mol. The van der Waals surface area contributed by atoms with Crippen LogP contribution in [0.4, 0.5) is 11.6 Å². The van der Waals surface area contributed by atoms with Crippen LogP contribution in [-0.4, -0.2) is 46.3 Å². The third-order valence-corrected chi connectivity index (χ3v) is 4.02. The number of anilines is 2. The molecule has 0 unspecified atom stereocenters. The van der Waals surface area contributed by atoms with Gasteiger partial charge in [0.25, 0.3) is 5.56 Å². The van der Waals surface area contributed by atoms with E-state index in [4.69, 9.17) is 11.6 Å². The summed E-state index contributed by atoms with van der Waals surface area (Å²) in [5.74, 6) is 0.757. The number of hydrogen-bond acceptors (Lipinski definition) is 6. The normalized spacial score (nSPS) is 15.2. The monoisotopic (exact) mass is 320 g/mol. The molecule has 3 rings (SSSR count). The van der Waals surface area contributed by atoms with Crippen LogP contribution in [0.3, 0.4) is 0 Å². The molecule has 0 radical (unpaired) electrons. The second-order valence-electron chi connectivity index (χ2n) is 5.32. The highest BCUT2D eigenvalue weighted by Gasteiger charge is 2.22. The molecule has 7 nitrogen and oxygen atoms in total. The van der Waals surface area contributed by atoms with Gasteiger partial charge in [-0.15, -0.1) is 0 Å². The van der Waals surface area contributed by atoms with Crippen LogP contribution in [0.1, 0.15) is 11.4 Å². The minimum Gasteiger partial charge on any atom is -0.365 e. The van der Waals surface area contributed by atoms with Crippen molar-refractivity contribution in [2.75, 3.05) is 36.0 Å². The van der Waals surface area contributed by atoms with Gasteiger partial charge in [-0.25, -0.2) is 15.1 Å². The number of nitrogens with one attached hydrogen (secondary N) is 1. The van der Waals surface area contributed by atoms with Crippen LogP contribution < -0.4 is 15.4 Å². The van der Waals surface area contributed by atoms with Crippen molar-refractivity contribution in [1.82, 2.24) is 20.2 Å². The molecule has 1 fully saturated rings. The predicted molar refractivity (Wildman–Crippen MR) is 85.8 cm³/mol. The molecule has 0 aliphatic carbocycles. The van der Waals surface area contributed by atoms with E-state index in [-0.39, 0.29) is 10.6 Å². The number of aromatic amines is 1. The molecule has 1 N–H and O–H groups in total. The quantitative estimate of drug-likeness (QED) is 0.894. The minimum atomic E-state index is -0.362. The van der Waals surface area contributed by atoms with Crippen LogP contribution in [0.15, 0.2) is 17.1 Å².